The van der Waals surface area contributed by atoms with Gasteiger partial charge in [0.05, 0.1) is 23.9 Å². The highest BCUT2D eigenvalue weighted by Crippen LogP contribution is 2.34. The Labute approximate surface area is 176 Å². The van der Waals surface area contributed by atoms with Gasteiger partial charge in [0.1, 0.15) is 13.2 Å². The predicted molar refractivity (Wildman–Crippen MR) is 113 cm³/mol. The van der Waals surface area contributed by atoms with E-state index < -0.39 is 5.91 Å². The molecule has 2 aromatic carbocycles. The van der Waals surface area contributed by atoms with Gasteiger partial charge in [-0.25, -0.2) is 0 Å². The second-order valence-electron chi connectivity index (χ2n) is 7.06. The molecule has 4 N–H and O–H groups in total. The Morgan fingerprint density at radius 3 is 2.77 bits per heavy atom. The van der Waals surface area contributed by atoms with E-state index in [1.807, 2.05) is 30.3 Å². The third-order valence-electron chi connectivity index (χ3n) is 5.06. The van der Waals surface area contributed by atoms with Crippen molar-refractivity contribution in [3.05, 3.63) is 66.0 Å². The number of rotatable bonds is 4. The number of nitrogens with one attached hydrogen (secondary N) is 4. The van der Waals surface area contributed by atoms with Crippen LogP contribution in [0.5, 0.6) is 11.5 Å². The number of aromatic amines is 2. The van der Waals surface area contributed by atoms with Gasteiger partial charge in [-0.1, -0.05) is 18.2 Å². The summed E-state index contributed by atoms with van der Waals surface area (Å²) >= 11 is 0. The Balaban J connectivity index is 1.26. The van der Waals surface area contributed by atoms with Crippen LogP contribution in [0.25, 0.3) is 22.2 Å². The minimum absolute atomic E-state index is 0.130. The number of hydrogen-bond donors (Lipinski definition) is 4. The lowest BCUT2D eigenvalue weighted by Crippen LogP contribution is -2.42. The molecule has 1 aliphatic heterocycles. The van der Waals surface area contributed by atoms with Crippen molar-refractivity contribution >= 4 is 22.7 Å². The van der Waals surface area contributed by atoms with Crippen LogP contribution in [0.4, 0.5) is 0 Å². The molecule has 156 valence electrons. The molecule has 5 rings (SSSR count). The van der Waals surface area contributed by atoms with E-state index in [4.69, 9.17) is 9.47 Å². The zero-order chi connectivity index (χ0) is 21.2. The molecule has 0 spiro atoms. The van der Waals surface area contributed by atoms with Gasteiger partial charge in [-0.05, 0) is 29.8 Å². The van der Waals surface area contributed by atoms with Gasteiger partial charge in [0.2, 0.25) is 5.91 Å². The maximum atomic E-state index is 12.7. The average molecular weight is 417 g/mol. The first-order valence-corrected chi connectivity index (χ1v) is 9.76. The molecule has 0 atom stereocenters. The normalized spacial score (nSPS) is 12.5. The second-order valence-corrected chi connectivity index (χ2v) is 7.06. The molecule has 0 aliphatic carbocycles. The first-order valence-electron chi connectivity index (χ1n) is 9.76. The molecule has 0 bridgehead atoms. The van der Waals surface area contributed by atoms with Crippen LogP contribution in [0.15, 0.2) is 54.9 Å². The van der Waals surface area contributed by atoms with Crippen molar-refractivity contribution in [3.8, 4) is 22.8 Å². The zero-order valence-electron chi connectivity index (χ0n) is 16.4. The van der Waals surface area contributed by atoms with Gasteiger partial charge >= 0.3 is 0 Å². The van der Waals surface area contributed by atoms with Crippen LogP contribution in [0, 0.1) is 0 Å². The molecular formula is C22H19N5O4. The summed E-state index contributed by atoms with van der Waals surface area (Å²) in [6, 6.07) is 13.1. The van der Waals surface area contributed by atoms with Crippen LogP contribution >= 0.6 is 0 Å². The van der Waals surface area contributed by atoms with Crippen molar-refractivity contribution in [1.82, 2.24) is 26.0 Å². The first kappa shape index (κ1) is 18.7. The number of hydrazine groups is 1. The Hall–Kier alpha value is -4.27. The highest BCUT2D eigenvalue weighted by molar-refractivity contribution is 6.00. The van der Waals surface area contributed by atoms with Crippen LogP contribution in [-0.4, -0.2) is 40.2 Å². The van der Waals surface area contributed by atoms with Gasteiger partial charge in [-0.15, -0.1) is 0 Å². The number of amides is 2. The molecule has 4 aromatic rings. The summed E-state index contributed by atoms with van der Waals surface area (Å²) in [5.41, 5.74) is 8.25. The van der Waals surface area contributed by atoms with Crippen molar-refractivity contribution in [2.24, 2.45) is 0 Å². The molecular weight excluding hydrogens is 398 g/mol. The number of hydrogen-bond acceptors (Lipinski definition) is 5. The third kappa shape index (κ3) is 3.68. The largest absolute Gasteiger partial charge is 0.486 e. The molecule has 1 aliphatic rings. The fourth-order valence-electron chi connectivity index (χ4n) is 3.57. The molecule has 9 heteroatoms. The summed E-state index contributed by atoms with van der Waals surface area (Å²) in [7, 11) is 0. The summed E-state index contributed by atoms with van der Waals surface area (Å²) in [5.74, 6) is 0.454. The molecule has 31 heavy (non-hydrogen) atoms. The number of fused-ring (bicyclic) bond motifs is 2. The number of carbonyl (C=O) groups excluding carboxylic acids is 2. The topological polar surface area (TPSA) is 121 Å². The Morgan fingerprint density at radius 1 is 1.03 bits per heavy atom. The lowest BCUT2D eigenvalue weighted by molar-refractivity contribution is -0.121. The van der Waals surface area contributed by atoms with Crippen LogP contribution < -0.4 is 20.3 Å². The lowest BCUT2D eigenvalue weighted by atomic mass is 10.1. The van der Waals surface area contributed by atoms with Crippen LogP contribution in [-0.2, 0) is 11.2 Å². The minimum Gasteiger partial charge on any atom is -0.486 e. The minimum atomic E-state index is -0.481. The van der Waals surface area contributed by atoms with E-state index in [1.165, 1.54) is 6.20 Å². The van der Waals surface area contributed by atoms with E-state index in [1.54, 1.807) is 18.3 Å². The molecule has 2 amide bonds. The Morgan fingerprint density at radius 2 is 1.87 bits per heavy atom. The molecule has 9 nitrogen and oxygen atoms in total. The highest BCUT2D eigenvalue weighted by atomic mass is 16.6. The van der Waals surface area contributed by atoms with Gasteiger partial charge < -0.3 is 14.5 Å². The maximum Gasteiger partial charge on any atom is 0.273 e. The fraction of sp³-hybridized carbons (Fsp3) is 0.136. The van der Waals surface area contributed by atoms with Crippen molar-refractivity contribution in [2.45, 2.75) is 6.42 Å². The van der Waals surface area contributed by atoms with Crippen molar-refractivity contribution < 1.29 is 19.1 Å². The number of ether oxygens (including phenoxy) is 2. The van der Waals surface area contributed by atoms with E-state index in [9.17, 15) is 9.59 Å². The van der Waals surface area contributed by atoms with Gasteiger partial charge in [0.15, 0.2) is 11.5 Å². The molecule has 0 radical (unpaired) electrons. The number of H-pyrrole nitrogens is 2. The lowest BCUT2D eigenvalue weighted by Gasteiger charge is -2.18. The fourth-order valence-corrected chi connectivity index (χ4v) is 3.57. The van der Waals surface area contributed by atoms with Gasteiger partial charge in [-0.3, -0.25) is 25.5 Å². The van der Waals surface area contributed by atoms with E-state index in [-0.39, 0.29) is 12.3 Å². The summed E-state index contributed by atoms with van der Waals surface area (Å²) in [5, 5.41) is 7.78. The Bertz CT molecular complexity index is 1280. The van der Waals surface area contributed by atoms with E-state index >= 15 is 0 Å². The molecule has 0 saturated heterocycles. The van der Waals surface area contributed by atoms with Crippen LogP contribution in [0.1, 0.15) is 15.9 Å². The number of aromatic nitrogens is 3. The molecule has 0 saturated carbocycles. The molecule has 3 heterocycles. The average Bonchev–Trinajstić information content (AvgIpc) is 3.45. The number of benzene rings is 2. The van der Waals surface area contributed by atoms with Gasteiger partial charge in [0.25, 0.3) is 5.91 Å². The maximum absolute atomic E-state index is 12.7. The summed E-state index contributed by atoms with van der Waals surface area (Å²) in [6.45, 7) is 0.970. The second kappa shape index (κ2) is 7.86. The number of para-hydroxylation sites is 1. The van der Waals surface area contributed by atoms with Gasteiger partial charge in [-0.2, -0.15) is 5.10 Å². The molecule has 2 aromatic heterocycles. The quantitative estimate of drug-likeness (QED) is 0.380. The highest BCUT2D eigenvalue weighted by Gasteiger charge is 2.19. The summed E-state index contributed by atoms with van der Waals surface area (Å²) in [6.07, 6.45) is 3.33. The first-order chi connectivity index (χ1) is 15.2. The van der Waals surface area contributed by atoms with E-state index in [2.05, 4.69) is 26.0 Å². The van der Waals surface area contributed by atoms with Crippen molar-refractivity contribution in [1.29, 1.82) is 0 Å². The third-order valence-corrected chi connectivity index (χ3v) is 5.06. The summed E-state index contributed by atoms with van der Waals surface area (Å²) in [4.78, 5) is 28.1. The predicted octanol–water partition coefficient (Wildman–Crippen LogP) is 2.33. The SMILES string of the molecule is O=C(Cc1c[nH]c2ccccc12)NNC(=O)c1cn[nH]c1-c1ccc2c(c1)OCCO2. The van der Waals surface area contributed by atoms with Crippen LogP contribution in [0.3, 0.4) is 0 Å². The smallest absolute Gasteiger partial charge is 0.273 e. The summed E-state index contributed by atoms with van der Waals surface area (Å²) < 4.78 is 11.1. The zero-order valence-corrected chi connectivity index (χ0v) is 16.4. The molecule has 0 unspecified atom stereocenters. The van der Waals surface area contributed by atoms with Crippen molar-refractivity contribution in [2.75, 3.05) is 13.2 Å². The standard InChI is InChI=1S/C22H19N5O4/c28-20(10-14-11-23-17-4-2-1-3-15(14)17)25-27-22(29)16-12-24-26-21(16)13-5-6-18-19(9-13)31-8-7-30-18/h1-6,9,11-12,23H,7-8,10H2,(H,24,26)(H,25,28)(H,27,29). The van der Waals surface area contributed by atoms with Crippen LogP contribution in [0.2, 0.25) is 0 Å². The monoisotopic (exact) mass is 417 g/mol. The van der Waals surface area contributed by atoms with E-state index in [0.29, 0.717) is 36.0 Å². The molecule has 0 fully saturated rings. The number of nitrogens with zero attached hydrogens (tertiary/aromatic N) is 1. The van der Waals surface area contributed by atoms with E-state index in [0.717, 1.165) is 22.0 Å². The Kier molecular flexibility index (Phi) is 4.75. The van der Waals surface area contributed by atoms with Gasteiger partial charge in [0, 0.05) is 22.7 Å². The van der Waals surface area contributed by atoms with Crippen molar-refractivity contribution in [3.63, 3.8) is 0 Å². The number of carbonyl (C=O) groups is 2.